The van der Waals surface area contributed by atoms with E-state index in [1.165, 1.54) is 19.3 Å². The van der Waals surface area contributed by atoms with Crippen molar-refractivity contribution in [3.63, 3.8) is 0 Å². The first-order valence-electron chi connectivity index (χ1n) is 7.29. The van der Waals surface area contributed by atoms with E-state index in [4.69, 9.17) is 0 Å². The lowest BCUT2D eigenvalue weighted by Gasteiger charge is -2.37. The molecular formula is C15H26N4. The first-order valence-corrected chi connectivity index (χ1v) is 7.29. The highest BCUT2D eigenvalue weighted by molar-refractivity contribution is 4.91. The fourth-order valence-electron chi connectivity index (χ4n) is 2.52. The maximum absolute atomic E-state index is 4.34. The molecule has 1 aliphatic heterocycles. The van der Waals surface area contributed by atoms with Crippen molar-refractivity contribution in [3.05, 3.63) is 24.3 Å². The number of nitrogens with zero attached hydrogens (tertiary/aromatic N) is 3. The van der Waals surface area contributed by atoms with Crippen LogP contribution in [0, 0.1) is 0 Å². The summed E-state index contributed by atoms with van der Waals surface area (Å²) in [5.41, 5.74) is 0.187. The lowest BCUT2D eigenvalue weighted by Crippen LogP contribution is -2.49. The van der Waals surface area contributed by atoms with E-state index in [0.717, 1.165) is 25.5 Å². The van der Waals surface area contributed by atoms with Crippen LogP contribution in [0.4, 0.5) is 0 Å². The van der Waals surface area contributed by atoms with E-state index in [-0.39, 0.29) is 5.54 Å². The average molecular weight is 262 g/mol. The summed E-state index contributed by atoms with van der Waals surface area (Å²) in [6.45, 7) is 9.75. The van der Waals surface area contributed by atoms with Gasteiger partial charge in [-0.2, -0.15) is 0 Å². The van der Waals surface area contributed by atoms with Crippen LogP contribution in [-0.2, 0) is 6.54 Å². The molecule has 1 aromatic heterocycles. The van der Waals surface area contributed by atoms with Gasteiger partial charge in [-0.05, 0) is 46.2 Å². The molecule has 0 radical (unpaired) electrons. The highest BCUT2D eigenvalue weighted by Gasteiger charge is 2.24. The molecule has 0 spiro atoms. The van der Waals surface area contributed by atoms with Gasteiger partial charge >= 0.3 is 0 Å². The zero-order valence-corrected chi connectivity index (χ0v) is 12.4. The van der Waals surface area contributed by atoms with Crippen molar-refractivity contribution in [3.8, 4) is 0 Å². The van der Waals surface area contributed by atoms with Crippen LogP contribution in [0.2, 0.25) is 0 Å². The molecule has 106 valence electrons. The second-order valence-corrected chi connectivity index (χ2v) is 6.42. The second-order valence-electron chi connectivity index (χ2n) is 6.42. The standard InChI is InChI=1S/C15H26N4/c1-15(2,3)18-11-13-7-4-5-10-19(13)12-14-16-8-6-9-17-14/h6,8-9,13,18H,4-5,7,10-12H2,1-3H3. The molecular weight excluding hydrogens is 236 g/mol. The molecule has 4 nitrogen and oxygen atoms in total. The van der Waals surface area contributed by atoms with Gasteiger partial charge in [0.1, 0.15) is 5.82 Å². The molecule has 1 aliphatic rings. The summed E-state index contributed by atoms with van der Waals surface area (Å²) < 4.78 is 0. The molecule has 0 aromatic carbocycles. The van der Waals surface area contributed by atoms with Crippen molar-refractivity contribution in [1.29, 1.82) is 0 Å². The van der Waals surface area contributed by atoms with Crippen LogP contribution in [0.1, 0.15) is 45.9 Å². The molecule has 1 unspecified atom stereocenters. The lowest BCUT2D eigenvalue weighted by molar-refractivity contribution is 0.128. The molecule has 1 saturated heterocycles. The topological polar surface area (TPSA) is 41.0 Å². The third-order valence-electron chi connectivity index (χ3n) is 3.58. The van der Waals surface area contributed by atoms with Crippen LogP contribution in [0.25, 0.3) is 0 Å². The van der Waals surface area contributed by atoms with Gasteiger partial charge < -0.3 is 5.32 Å². The fraction of sp³-hybridized carbons (Fsp3) is 0.733. The molecule has 1 fully saturated rings. The minimum Gasteiger partial charge on any atom is -0.311 e. The van der Waals surface area contributed by atoms with Crippen molar-refractivity contribution in [1.82, 2.24) is 20.2 Å². The van der Waals surface area contributed by atoms with Crippen LogP contribution >= 0.6 is 0 Å². The van der Waals surface area contributed by atoms with Crippen molar-refractivity contribution >= 4 is 0 Å². The van der Waals surface area contributed by atoms with Crippen LogP contribution in [0.15, 0.2) is 18.5 Å². The number of piperidine rings is 1. The van der Waals surface area contributed by atoms with Gasteiger partial charge in [-0.25, -0.2) is 9.97 Å². The number of hydrogen-bond donors (Lipinski definition) is 1. The minimum atomic E-state index is 0.187. The number of nitrogens with one attached hydrogen (secondary N) is 1. The summed E-state index contributed by atoms with van der Waals surface area (Å²) in [4.78, 5) is 11.2. The highest BCUT2D eigenvalue weighted by Crippen LogP contribution is 2.18. The quantitative estimate of drug-likeness (QED) is 0.903. The van der Waals surface area contributed by atoms with Gasteiger partial charge in [0.25, 0.3) is 0 Å². The van der Waals surface area contributed by atoms with E-state index < -0.39 is 0 Å². The molecule has 2 rings (SSSR count). The van der Waals surface area contributed by atoms with Crippen molar-refractivity contribution in [2.45, 2.75) is 58.2 Å². The Hall–Kier alpha value is -1.00. The number of hydrogen-bond acceptors (Lipinski definition) is 4. The van der Waals surface area contributed by atoms with Crippen molar-refractivity contribution < 1.29 is 0 Å². The summed E-state index contributed by atoms with van der Waals surface area (Å²) in [5, 5.41) is 3.62. The number of rotatable bonds is 4. The zero-order chi connectivity index (χ0) is 13.7. The Balaban J connectivity index is 1.92. The average Bonchev–Trinajstić information content (AvgIpc) is 2.38. The predicted molar refractivity (Wildman–Crippen MR) is 77.8 cm³/mol. The Labute approximate surface area is 116 Å². The van der Waals surface area contributed by atoms with Gasteiger partial charge in [0.2, 0.25) is 0 Å². The summed E-state index contributed by atoms with van der Waals surface area (Å²) >= 11 is 0. The lowest BCUT2D eigenvalue weighted by atomic mass is 10.0. The first-order chi connectivity index (χ1) is 9.04. The summed E-state index contributed by atoms with van der Waals surface area (Å²) in [6.07, 6.45) is 7.56. The molecule has 0 amide bonds. The smallest absolute Gasteiger partial charge is 0.142 e. The van der Waals surface area contributed by atoms with E-state index in [1.807, 2.05) is 18.5 Å². The zero-order valence-electron chi connectivity index (χ0n) is 12.4. The number of aromatic nitrogens is 2. The molecule has 19 heavy (non-hydrogen) atoms. The monoisotopic (exact) mass is 262 g/mol. The summed E-state index contributed by atoms with van der Waals surface area (Å²) in [7, 11) is 0. The second kappa shape index (κ2) is 6.44. The van der Waals surface area contributed by atoms with Crippen molar-refractivity contribution in [2.75, 3.05) is 13.1 Å². The summed E-state index contributed by atoms with van der Waals surface area (Å²) in [6, 6.07) is 2.48. The molecule has 1 N–H and O–H groups in total. The van der Waals surface area contributed by atoms with Crippen LogP contribution in [-0.4, -0.2) is 39.5 Å². The summed E-state index contributed by atoms with van der Waals surface area (Å²) in [5.74, 6) is 0.935. The Kier molecular flexibility index (Phi) is 4.88. The maximum atomic E-state index is 4.34. The third kappa shape index (κ3) is 4.88. The van der Waals surface area contributed by atoms with E-state index in [2.05, 4.69) is 41.0 Å². The third-order valence-corrected chi connectivity index (χ3v) is 3.58. The molecule has 0 bridgehead atoms. The number of likely N-dealkylation sites (tertiary alicyclic amines) is 1. The largest absolute Gasteiger partial charge is 0.311 e. The Bertz CT molecular complexity index is 371. The Morgan fingerprint density at radius 3 is 2.68 bits per heavy atom. The van der Waals surface area contributed by atoms with Gasteiger partial charge in [-0.3, -0.25) is 4.90 Å². The van der Waals surface area contributed by atoms with Crippen LogP contribution in [0.3, 0.4) is 0 Å². The van der Waals surface area contributed by atoms with E-state index in [1.54, 1.807) is 0 Å². The van der Waals surface area contributed by atoms with Gasteiger partial charge in [0, 0.05) is 30.5 Å². The Morgan fingerprint density at radius 1 is 1.26 bits per heavy atom. The van der Waals surface area contributed by atoms with Gasteiger partial charge in [-0.1, -0.05) is 6.42 Å². The van der Waals surface area contributed by atoms with Gasteiger partial charge in [0.05, 0.1) is 6.54 Å². The first kappa shape index (κ1) is 14.4. The molecule has 4 heteroatoms. The highest BCUT2D eigenvalue weighted by atomic mass is 15.2. The molecule has 0 saturated carbocycles. The molecule has 1 aromatic rings. The molecule has 1 atom stereocenters. The van der Waals surface area contributed by atoms with Crippen molar-refractivity contribution in [2.24, 2.45) is 0 Å². The van der Waals surface area contributed by atoms with Crippen LogP contribution in [0.5, 0.6) is 0 Å². The van der Waals surface area contributed by atoms with Gasteiger partial charge in [-0.15, -0.1) is 0 Å². The van der Waals surface area contributed by atoms with E-state index in [0.29, 0.717) is 6.04 Å². The Morgan fingerprint density at radius 2 is 2.00 bits per heavy atom. The molecule has 2 heterocycles. The minimum absolute atomic E-state index is 0.187. The van der Waals surface area contributed by atoms with Crippen LogP contribution < -0.4 is 5.32 Å². The van der Waals surface area contributed by atoms with E-state index in [9.17, 15) is 0 Å². The fourth-order valence-corrected chi connectivity index (χ4v) is 2.52. The van der Waals surface area contributed by atoms with Gasteiger partial charge in [0.15, 0.2) is 0 Å². The predicted octanol–water partition coefficient (Wildman–Crippen LogP) is 2.22. The molecule has 0 aliphatic carbocycles. The van der Waals surface area contributed by atoms with E-state index >= 15 is 0 Å². The maximum Gasteiger partial charge on any atom is 0.142 e. The normalized spacial score (nSPS) is 21.5. The SMILES string of the molecule is CC(C)(C)NCC1CCCCN1Cc1ncccn1.